The van der Waals surface area contributed by atoms with Crippen LogP contribution >= 0.6 is 11.3 Å². The third-order valence-corrected chi connectivity index (χ3v) is 6.14. The second kappa shape index (κ2) is 4.35. The van der Waals surface area contributed by atoms with E-state index in [9.17, 15) is 13.2 Å². The molecule has 6 heteroatoms. The molecule has 0 fully saturated rings. The molecule has 0 unspecified atom stereocenters. The summed E-state index contributed by atoms with van der Waals surface area (Å²) in [6.45, 7) is 5.34. The highest BCUT2D eigenvalue weighted by Gasteiger charge is 2.35. The van der Waals surface area contributed by atoms with Crippen LogP contribution in [0.3, 0.4) is 0 Å². The number of thiophene rings is 1. The molecule has 0 saturated heterocycles. The van der Waals surface area contributed by atoms with Crippen LogP contribution in [0.15, 0.2) is 15.7 Å². The lowest BCUT2D eigenvalue weighted by Gasteiger charge is -2.26. The Labute approximate surface area is 111 Å². The average Bonchev–Trinajstić information content (AvgIpc) is 2.71. The largest absolute Gasteiger partial charge is 0.457 e. The molecule has 1 aliphatic rings. The standard InChI is InChI=1S/C12H16O4S2/c1-12(2,3)11(13)16-9-5-7-18(14,15)10-8(9)4-6-17-10/h4,6,9H,5,7H2,1-3H3/t9-/m1/s1. The summed E-state index contributed by atoms with van der Waals surface area (Å²) in [7, 11) is -3.18. The molecule has 0 radical (unpaired) electrons. The molecule has 0 aliphatic carbocycles. The third kappa shape index (κ3) is 2.44. The van der Waals surface area contributed by atoms with E-state index < -0.39 is 21.4 Å². The van der Waals surface area contributed by atoms with Gasteiger partial charge in [-0.1, -0.05) is 0 Å². The number of hydrogen-bond acceptors (Lipinski definition) is 5. The lowest BCUT2D eigenvalue weighted by Crippen LogP contribution is -2.28. The van der Waals surface area contributed by atoms with Crippen LogP contribution in [0.5, 0.6) is 0 Å². The fourth-order valence-electron chi connectivity index (χ4n) is 1.74. The van der Waals surface area contributed by atoms with Crippen molar-refractivity contribution in [1.29, 1.82) is 0 Å². The second-order valence-corrected chi connectivity index (χ2v) is 8.64. The Kier molecular flexibility index (Phi) is 3.27. The van der Waals surface area contributed by atoms with Crippen molar-refractivity contribution in [2.45, 2.75) is 37.5 Å². The van der Waals surface area contributed by atoms with Gasteiger partial charge in [0.2, 0.25) is 0 Å². The van der Waals surface area contributed by atoms with Crippen molar-refractivity contribution in [2.75, 3.05) is 5.75 Å². The fourth-order valence-corrected chi connectivity index (χ4v) is 4.68. The lowest BCUT2D eigenvalue weighted by atomic mass is 9.97. The molecule has 1 atom stereocenters. The van der Waals surface area contributed by atoms with Gasteiger partial charge in [-0.05, 0) is 32.2 Å². The maximum atomic E-state index is 11.9. The molecule has 0 N–H and O–H groups in total. The van der Waals surface area contributed by atoms with E-state index >= 15 is 0 Å². The first-order valence-electron chi connectivity index (χ1n) is 5.73. The summed E-state index contributed by atoms with van der Waals surface area (Å²) in [5, 5.41) is 1.73. The van der Waals surface area contributed by atoms with Gasteiger partial charge in [0.1, 0.15) is 10.3 Å². The van der Waals surface area contributed by atoms with Gasteiger partial charge in [0.05, 0.1) is 11.2 Å². The van der Waals surface area contributed by atoms with Crippen LogP contribution in [0.25, 0.3) is 0 Å². The van der Waals surface area contributed by atoms with Crippen molar-refractivity contribution in [1.82, 2.24) is 0 Å². The molecule has 2 heterocycles. The minimum atomic E-state index is -3.18. The third-order valence-electron chi connectivity index (χ3n) is 2.80. The molecule has 0 amide bonds. The molecular weight excluding hydrogens is 272 g/mol. The highest BCUT2D eigenvalue weighted by Crippen LogP contribution is 2.38. The van der Waals surface area contributed by atoms with Crippen LogP contribution in [0.4, 0.5) is 0 Å². The van der Waals surface area contributed by atoms with Crippen molar-refractivity contribution in [3.63, 3.8) is 0 Å². The summed E-state index contributed by atoms with van der Waals surface area (Å²) in [4.78, 5) is 11.9. The molecule has 0 spiro atoms. The van der Waals surface area contributed by atoms with E-state index in [0.717, 1.165) is 0 Å². The maximum absolute atomic E-state index is 11.9. The minimum Gasteiger partial charge on any atom is -0.457 e. The van der Waals surface area contributed by atoms with E-state index in [1.165, 1.54) is 11.3 Å². The van der Waals surface area contributed by atoms with Crippen molar-refractivity contribution in [3.05, 3.63) is 17.0 Å². The molecule has 18 heavy (non-hydrogen) atoms. The Bertz CT molecular complexity index is 563. The topological polar surface area (TPSA) is 60.4 Å². The molecule has 1 aliphatic heterocycles. The van der Waals surface area contributed by atoms with E-state index in [1.54, 1.807) is 32.2 Å². The quantitative estimate of drug-likeness (QED) is 0.745. The number of ether oxygens (including phenoxy) is 1. The van der Waals surface area contributed by atoms with Crippen molar-refractivity contribution >= 4 is 27.1 Å². The highest BCUT2D eigenvalue weighted by molar-refractivity contribution is 7.93. The molecule has 2 rings (SSSR count). The predicted octanol–water partition coefficient (Wildman–Crippen LogP) is 2.56. The SMILES string of the molecule is CC(C)(C)C(=O)O[C@@H]1CCS(=O)(=O)c2sccc21. The van der Waals surface area contributed by atoms with Gasteiger partial charge >= 0.3 is 5.97 Å². The molecule has 100 valence electrons. The normalized spacial score (nSPS) is 22.3. The Morgan fingerprint density at radius 3 is 2.72 bits per heavy atom. The second-order valence-electron chi connectivity index (χ2n) is 5.41. The van der Waals surface area contributed by atoms with Gasteiger partial charge in [0.25, 0.3) is 0 Å². The zero-order valence-corrected chi connectivity index (χ0v) is 12.2. The molecule has 0 saturated carbocycles. The predicted molar refractivity (Wildman–Crippen MR) is 69.3 cm³/mol. The van der Waals surface area contributed by atoms with Crippen molar-refractivity contribution < 1.29 is 17.9 Å². The van der Waals surface area contributed by atoms with Gasteiger partial charge in [0.15, 0.2) is 9.84 Å². The Morgan fingerprint density at radius 1 is 1.44 bits per heavy atom. The maximum Gasteiger partial charge on any atom is 0.311 e. The number of esters is 1. The first kappa shape index (κ1) is 13.5. The van der Waals surface area contributed by atoms with Gasteiger partial charge in [-0.2, -0.15) is 0 Å². The molecule has 4 nitrogen and oxygen atoms in total. The number of rotatable bonds is 1. The summed E-state index contributed by atoms with van der Waals surface area (Å²) in [6, 6.07) is 1.73. The molecule has 0 aromatic carbocycles. The fraction of sp³-hybridized carbons (Fsp3) is 0.583. The van der Waals surface area contributed by atoms with Crippen molar-refractivity contribution in [3.8, 4) is 0 Å². The van der Waals surface area contributed by atoms with E-state index in [2.05, 4.69) is 0 Å². The van der Waals surface area contributed by atoms with Gasteiger partial charge in [-0.3, -0.25) is 4.79 Å². The number of carbonyl (C=O) groups excluding carboxylic acids is 1. The summed E-state index contributed by atoms with van der Waals surface area (Å²) < 4.78 is 29.4. The van der Waals surface area contributed by atoms with Crippen LogP contribution in [0.1, 0.15) is 38.9 Å². The highest BCUT2D eigenvalue weighted by atomic mass is 32.2. The van der Waals surface area contributed by atoms with E-state index in [1.807, 2.05) is 0 Å². The van der Waals surface area contributed by atoms with Gasteiger partial charge in [-0.15, -0.1) is 11.3 Å². The summed E-state index contributed by atoms with van der Waals surface area (Å²) in [5.41, 5.74) is 0.0517. The van der Waals surface area contributed by atoms with Crippen LogP contribution in [0.2, 0.25) is 0 Å². The monoisotopic (exact) mass is 288 g/mol. The zero-order valence-electron chi connectivity index (χ0n) is 10.6. The average molecular weight is 288 g/mol. The first-order chi connectivity index (χ1) is 8.22. The van der Waals surface area contributed by atoms with E-state index in [-0.39, 0.29) is 11.7 Å². The van der Waals surface area contributed by atoms with Gasteiger partial charge < -0.3 is 4.74 Å². The van der Waals surface area contributed by atoms with Crippen LogP contribution in [-0.2, 0) is 19.4 Å². The van der Waals surface area contributed by atoms with Gasteiger partial charge in [0, 0.05) is 12.0 Å². The van der Waals surface area contributed by atoms with Crippen LogP contribution < -0.4 is 0 Å². The molecule has 0 bridgehead atoms. The van der Waals surface area contributed by atoms with Crippen LogP contribution in [0, 0.1) is 5.41 Å². The molecule has 1 aromatic heterocycles. The first-order valence-corrected chi connectivity index (χ1v) is 8.26. The Hall–Kier alpha value is -0.880. The van der Waals surface area contributed by atoms with Crippen LogP contribution in [-0.4, -0.2) is 20.1 Å². The minimum absolute atomic E-state index is 0.0442. The summed E-state index contributed by atoms with van der Waals surface area (Å²) >= 11 is 1.19. The zero-order chi connectivity index (χ0) is 13.6. The van der Waals surface area contributed by atoms with E-state index in [0.29, 0.717) is 16.2 Å². The summed E-state index contributed by atoms with van der Waals surface area (Å²) in [6.07, 6.45) is -0.0880. The molecular formula is C12H16O4S2. The lowest BCUT2D eigenvalue weighted by molar-refractivity contribution is -0.159. The smallest absolute Gasteiger partial charge is 0.311 e. The Balaban J connectivity index is 2.27. The summed E-state index contributed by atoms with van der Waals surface area (Å²) in [5.74, 6) is -0.258. The number of fused-ring (bicyclic) bond motifs is 1. The van der Waals surface area contributed by atoms with Gasteiger partial charge in [-0.25, -0.2) is 8.42 Å². The number of carbonyl (C=O) groups is 1. The van der Waals surface area contributed by atoms with Crippen molar-refractivity contribution in [2.24, 2.45) is 5.41 Å². The Morgan fingerprint density at radius 2 is 2.11 bits per heavy atom. The number of hydrogen-bond donors (Lipinski definition) is 0. The molecule has 1 aromatic rings. The number of sulfone groups is 1. The van der Waals surface area contributed by atoms with E-state index in [4.69, 9.17) is 4.74 Å².